The van der Waals surface area contributed by atoms with Gasteiger partial charge >= 0.3 is 5.97 Å². The van der Waals surface area contributed by atoms with Gasteiger partial charge in [0.05, 0.1) is 13.7 Å². The predicted molar refractivity (Wildman–Crippen MR) is 75.9 cm³/mol. The summed E-state index contributed by atoms with van der Waals surface area (Å²) in [6.45, 7) is 2.02. The van der Waals surface area contributed by atoms with Crippen molar-refractivity contribution < 1.29 is 24.2 Å². The van der Waals surface area contributed by atoms with E-state index < -0.39 is 5.97 Å². The number of benzene rings is 1. The van der Waals surface area contributed by atoms with Crippen LogP contribution in [0.5, 0.6) is 11.5 Å². The van der Waals surface area contributed by atoms with Crippen molar-refractivity contribution in [2.24, 2.45) is 0 Å². The molecule has 1 amide bonds. The van der Waals surface area contributed by atoms with Crippen molar-refractivity contribution in [3.63, 3.8) is 0 Å². The average molecular weight is 293 g/mol. The highest BCUT2D eigenvalue weighted by molar-refractivity contribution is 5.96. The van der Waals surface area contributed by atoms with Crippen LogP contribution in [0.2, 0.25) is 0 Å². The molecule has 1 fully saturated rings. The molecule has 0 saturated heterocycles. The maximum absolute atomic E-state index is 12.5. The molecule has 6 nitrogen and oxygen atoms in total. The number of amides is 1. The summed E-state index contributed by atoms with van der Waals surface area (Å²) in [5, 5.41) is 8.94. The van der Waals surface area contributed by atoms with Gasteiger partial charge in [-0.25, -0.2) is 0 Å². The average Bonchev–Trinajstić information content (AvgIpc) is 3.28. The second kappa shape index (κ2) is 6.47. The van der Waals surface area contributed by atoms with E-state index in [1.165, 1.54) is 12.0 Å². The van der Waals surface area contributed by atoms with Gasteiger partial charge in [-0.05, 0) is 38.0 Å². The number of rotatable bonds is 7. The molecular weight excluding hydrogens is 274 g/mol. The number of carbonyl (C=O) groups is 2. The summed E-state index contributed by atoms with van der Waals surface area (Å²) in [5.41, 5.74) is 0.410. The molecule has 0 bridgehead atoms. The van der Waals surface area contributed by atoms with E-state index in [4.69, 9.17) is 14.6 Å². The minimum Gasteiger partial charge on any atom is -0.493 e. The van der Waals surface area contributed by atoms with Gasteiger partial charge in [0, 0.05) is 11.6 Å². The van der Waals surface area contributed by atoms with Crippen LogP contribution in [0.1, 0.15) is 30.1 Å². The highest BCUT2D eigenvalue weighted by Crippen LogP contribution is 2.31. The number of hydrogen-bond donors (Lipinski definition) is 1. The molecule has 0 atom stereocenters. The van der Waals surface area contributed by atoms with E-state index in [0.717, 1.165) is 12.8 Å². The van der Waals surface area contributed by atoms with Crippen LogP contribution >= 0.6 is 0 Å². The third kappa shape index (κ3) is 3.65. The first-order chi connectivity index (χ1) is 10.1. The topological polar surface area (TPSA) is 76.1 Å². The van der Waals surface area contributed by atoms with Crippen molar-refractivity contribution in [3.05, 3.63) is 23.8 Å². The largest absolute Gasteiger partial charge is 0.493 e. The summed E-state index contributed by atoms with van der Waals surface area (Å²) >= 11 is 0. The highest BCUT2D eigenvalue weighted by Gasteiger charge is 2.34. The lowest BCUT2D eigenvalue weighted by Crippen LogP contribution is -2.37. The van der Waals surface area contributed by atoms with Crippen LogP contribution in [0.4, 0.5) is 0 Å². The van der Waals surface area contributed by atoms with Crippen LogP contribution in [0.3, 0.4) is 0 Å². The van der Waals surface area contributed by atoms with E-state index in [-0.39, 0.29) is 18.5 Å². The van der Waals surface area contributed by atoms with Crippen molar-refractivity contribution in [2.45, 2.75) is 25.8 Å². The number of hydrogen-bond acceptors (Lipinski definition) is 4. The Hall–Kier alpha value is -2.24. The van der Waals surface area contributed by atoms with Crippen LogP contribution in [-0.2, 0) is 4.79 Å². The third-order valence-corrected chi connectivity index (χ3v) is 3.26. The zero-order valence-electron chi connectivity index (χ0n) is 12.2. The van der Waals surface area contributed by atoms with Gasteiger partial charge in [0.15, 0.2) is 11.5 Å². The predicted octanol–water partition coefficient (Wildman–Crippen LogP) is 1.78. The standard InChI is InChI=1S/C15H19NO5/c1-3-21-13-8-10(4-7-12(13)20-2)15(19)16(9-14(17)18)11-5-6-11/h4,7-8,11H,3,5-6,9H2,1-2H3,(H,17,18). The molecule has 0 radical (unpaired) electrons. The Bertz CT molecular complexity index is 539. The number of methoxy groups -OCH3 is 1. The molecule has 0 unspecified atom stereocenters. The maximum atomic E-state index is 12.5. The molecule has 0 aliphatic heterocycles. The van der Waals surface area contributed by atoms with E-state index in [2.05, 4.69) is 0 Å². The van der Waals surface area contributed by atoms with Gasteiger partial charge in [-0.3, -0.25) is 9.59 Å². The van der Waals surface area contributed by atoms with Gasteiger partial charge in [0.1, 0.15) is 6.54 Å². The molecule has 1 aliphatic rings. The fourth-order valence-corrected chi connectivity index (χ4v) is 2.14. The Morgan fingerprint density at radius 3 is 2.57 bits per heavy atom. The number of nitrogens with zero attached hydrogens (tertiary/aromatic N) is 1. The lowest BCUT2D eigenvalue weighted by atomic mass is 10.1. The molecule has 1 saturated carbocycles. The van der Waals surface area contributed by atoms with Crippen LogP contribution in [-0.4, -0.2) is 48.2 Å². The summed E-state index contributed by atoms with van der Waals surface area (Å²) in [4.78, 5) is 24.8. The van der Waals surface area contributed by atoms with E-state index in [0.29, 0.717) is 23.7 Å². The van der Waals surface area contributed by atoms with E-state index in [1.807, 2.05) is 6.92 Å². The van der Waals surface area contributed by atoms with Crippen LogP contribution in [0.15, 0.2) is 18.2 Å². The van der Waals surface area contributed by atoms with Crippen molar-refractivity contribution in [1.29, 1.82) is 0 Å². The Morgan fingerprint density at radius 1 is 1.33 bits per heavy atom. The lowest BCUT2D eigenvalue weighted by Gasteiger charge is -2.21. The van der Waals surface area contributed by atoms with Gasteiger partial charge in [-0.15, -0.1) is 0 Å². The zero-order chi connectivity index (χ0) is 15.4. The van der Waals surface area contributed by atoms with Crippen molar-refractivity contribution in [3.8, 4) is 11.5 Å². The molecule has 114 valence electrons. The highest BCUT2D eigenvalue weighted by atomic mass is 16.5. The summed E-state index contributed by atoms with van der Waals surface area (Å²) < 4.78 is 10.6. The molecule has 1 aromatic carbocycles. The Kier molecular flexibility index (Phi) is 4.67. The molecule has 2 rings (SSSR count). The fraction of sp³-hybridized carbons (Fsp3) is 0.467. The van der Waals surface area contributed by atoms with Crippen LogP contribution < -0.4 is 9.47 Å². The molecule has 0 heterocycles. The normalized spacial score (nSPS) is 13.6. The molecule has 6 heteroatoms. The lowest BCUT2D eigenvalue weighted by molar-refractivity contribution is -0.137. The van der Waals surface area contributed by atoms with Gasteiger partial charge in [-0.1, -0.05) is 0 Å². The zero-order valence-corrected chi connectivity index (χ0v) is 12.2. The van der Waals surface area contributed by atoms with Gasteiger partial charge < -0.3 is 19.5 Å². The number of carboxylic acids is 1. The van der Waals surface area contributed by atoms with Gasteiger partial charge in [-0.2, -0.15) is 0 Å². The molecule has 0 spiro atoms. The third-order valence-electron chi connectivity index (χ3n) is 3.26. The van der Waals surface area contributed by atoms with Crippen LogP contribution in [0, 0.1) is 0 Å². The summed E-state index contributed by atoms with van der Waals surface area (Å²) in [5.74, 6) is -0.265. The van der Waals surface area contributed by atoms with Gasteiger partial charge in [0.25, 0.3) is 5.91 Å². The second-order valence-electron chi connectivity index (χ2n) is 4.86. The van der Waals surface area contributed by atoms with Crippen molar-refractivity contribution in [2.75, 3.05) is 20.3 Å². The monoisotopic (exact) mass is 293 g/mol. The number of carboxylic acid groups (broad SMARTS) is 1. The van der Waals surface area contributed by atoms with E-state index in [1.54, 1.807) is 18.2 Å². The quantitative estimate of drug-likeness (QED) is 0.829. The van der Waals surface area contributed by atoms with Crippen molar-refractivity contribution in [1.82, 2.24) is 4.90 Å². The Balaban J connectivity index is 2.24. The van der Waals surface area contributed by atoms with Crippen molar-refractivity contribution >= 4 is 11.9 Å². The smallest absolute Gasteiger partial charge is 0.323 e. The summed E-state index contributed by atoms with van der Waals surface area (Å²) in [6, 6.07) is 4.92. The summed E-state index contributed by atoms with van der Waals surface area (Å²) in [7, 11) is 1.53. The molecule has 0 aromatic heterocycles. The molecule has 1 aliphatic carbocycles. The summed E-state index contributed by atoms with van der Waals surface area (Å²) in [6.07, 6.45) is 1.71. The first kappa shape index (κ1) is 15.2. The number of ether oxygens (including phenoxy) is 2. The molecule has 1 aromatic rings. The van der Waals surface area contributed by atoms with E-state index in [9.17, 15) is 9.59 Å². The number of carbonyl (C=O) groups excluding carboxylic acids is 1. The molecule has 21 heavy (non-hydrogen) atoms. The maximum Gasteiger partial charge on any atom is 0.323 e. The first-order valence-electron chi connectivity index (χ1n) is 6.90. The fourth-order valence-electron chi connectivity index (χ4n) is 2.14. The SMILES string of the molecule is CCOc1cc(C(=O)N(CC(=O)O)C2CC2)ccc1OC. The minimum absolute atomic E-state index is 0.0336. The number of aliphatic carboxylic acids is 1. The Labute approximate surface area is 123 Å². The first-order valence-corrected chi connectivity index (χ1v) is 6.90. The minimum atomic E-state index is -1.01. The molecule has 1 N–H and O–H groups in total. The Morgan fingerprint density at radius 2 is 2.05 bits per heavy atom. The van der Waals surface area contributed by atoms with Gasteiger partial charge in [0.2, 0.25) is 0 Å². The second-order valence-corrected chi connectivity index (χ2v) is 4.86. The van der Waals surface area contributed by atoms with E-state index >= 15 is 0 Å². The molecular formula is C15H19NO5. The van der Waals surface area contributed by atoms with Crippen LogP contribution in [0.25, 0.3) is 0 Å².